The maximum absolute atomic E-state index is 12.8. The summed E-state index contributed by atoms with van der Waals surface area (Å²) in [5, 5.41) is 0. The summed E-state index contributed by atoms with van der Waals surface area (Å²) < 4.78 is 70.3. The molecule has 0 spiro atoms. The van der Waals surface area contributed by atoms with E-state index in [-0.39, 0.29) is 16.7 Å². The van der Waals surface area contributed by atoms with E-state index in [0.717, 1.165) is 25.5 Å². The maximum atomic E-state index is 12.8. The van der Waals surface area contributed by atoms with Gasteiger partial charge in [-0.05, 0) is 45.4 Å². The van der Waals surface area contributed by atoms with Crippen LogP contribution < -0.4 is 0 Å². The minimum absolute atomic E-state index is 0.138. The Balaban J connectivity index is 1.99. The van der Waals surface area contributed by atoms with Crippen molar-refractivity contribution in [1.29, 1.82) is 0 Å². The van der Waals surface area contributed by atoms with Crippen LogP contribution in [0.1, 0.15) is 31.2 Å². The van der Waals surface area contributed by atoms with E-state index in [0.29, 0.717) is 32.2 Å². The van der Waals surface area contributed by atoms with Crippen LogP contribution in [0, 0.1) is 6.92 Å². The predicted octanol–water partition coefficient (Wildman–Crippen LogP) is 2.53. The van der Waals surface area contributed by atoms with E-state index in [9.17, 15) is 21.6 Å². The number of halogens is 3. The molecule has 1 aliphatic rings. The predicted molar refractivity (Wildman–Crippen MR) is 94.9 cm³/mol. The Morgan fingerprint density at radius 2 is 1.85 bits per heavy atom. The highest BCUT2D eigenvalue weighted by Crippen LogP contribution is 2.30. The van der Waals surface area contributed by atoms with E-state index in [1.807, 2.05) is 6.92 Å². The zero-order valence-electron chi connectivity index (χ0n) is 15.8. The van der Waals surface area contributed by atoms with E-state index in [2.05, 4.69) is 9.88 Å². The highest BCUT2D eigenvalue weighted by Gasteiger charge is 2.35. The lowest BCUT2D eigenvalue weighted by Crippen LogP contribution is -2.48. The average molecular weight is 409 g/mol. The van der Waals surface area contributed by atoms with Gasteiger partial charge in [0, 0.05) is 33.3 Å². The average Bonchev–Trinajstić information content (AvgIpc) is 2.61. The molecule has 0 saturated carbocycles. The van der Waals surface area contributed by atoms with Gasteiger partial charge in [0.15, 0.2) is 0 Å². The van der Waals surface area contributed by atoms with Crippen LogP contribution in [0.2, 0.25) is 0 Å². The second kappa shape index (κ2) is 8.85. The molecule has 2 heterocycles. The molecule has 0 radical (unpaired) electrons. The molecule has 1 aromatic rings. The van der Waals surface area contributed by atoms with Crippen LogP contribution in [0.5, 0.6) is 0 Å². The van der Waals surface area contributed by atoms with Crippen molar-refractivity contribution in [2.24, 2.45) is 0 Å². The van der Waals surface area contributed by atoms with E-state index in [1.54, 1.807) is 7.11 Å². The van der Waals surface area contributed by atoms with Crippen LogP contribution in [0.4, 0.5) is 13.2 Å². The zero-order chi connectivity index (χ0) is 20.2. The van der Waals surface area contributed by atoms with Gasteiger partial charge in [-0.25, -0.2) is 13.4 Å². The van der Waals surface area contributed by atoms with Crippen LogP contribution in [0.15, 0.2) is 17.0 Å². The quantitative estimate of drug-likeness (QED) is 0.693. The molecule has 0 N–H and O–H groups in total. The number of pyridine rings is 1. The van der Waals surface area contributed by atoms with Gasteiger partial charge in [0.2, 0.25) is 10.0 Å². The number of methoxy groups -OCH3 is 1. The van der Waals surface area contributed by atoms with Crippen LogP contribution in [-0.2, 0) is 20.9 Å². The van der Waals surface area contributed by atoms with Gasteiger partial charge in [-0.2, -0.15) is 17.5 Å². The van der Waals surface area contributed by atoms with Crippen molar-refractivity contribution in [3.05, 3.63) is 23.5 Å². The summed E-state index contributed by atoms with van der Waals surface area (Å²) in [6, 6.07) is 1.71. The van der Waals surface area contributed by atoms with Gasteiger partial charge >= 0.3 is 6.18 Å². The largest absolute Gasteiger partial charge is 0.433 e. The Bertz CT molecular complexity index is 733. The molecule has 154 valence electrons. The first-order valence-corrected chi connectivity index (χ1v) is 10.3. The highest BCUT2D eigenvalue weighted by atomic mass is 32.2. The first-order valence-electron chi connectivity index (χ1n) is 8.86. The number of sulfonamides is 1. The summed E-state index contributed by atoms with van der Waals surface area (Å²) in [7, 11) is -2.19. The van der Waals surface area contributed by atoms with Crippen molar-refractivity contribution < 1.29 is 26.3 Å². The van der Waals surface area contributed by atoms with Gasteiger partial charge in [-0.15, -0.1) is 0 Å². The molecule has 10 heteroatoms. The molecule has 6 nitrogen and oxygen atoms in total. The Labute approximate surface area is 158 Å². The fourth-order valence-corrected chi connectivity index (χ4v) is 4.61. The summed E-state index contributed by atoms with van der Waals surface area (Å²) >= 11 is 0. The van der Waals surface area contributed by atoms with Crippen molar-refractivity contribution in [2.45, 2.75) is 43.9 Å². The zero-order valence-corrected chi connectivity index (χ0v) is 16.6. The van der Waals surface area contributed by atoms with Crippen LogP contribution in [0.25, 0.3) is 0 Å². The lowest BCUT2D eigenvalue weighted by molar-refractivity contribution is -0.141. The summed E-state index contributed by atoms with van der Waals surface area (Å²) in [5.41, 5.74) is -1.23. The standard InChI is InChI=1S/C17H26F3N3O3S/c1-13(26-3)5-4-8-22-9-11-23(12-10-22)27(24,25)15-6-7-16(17(18,19)20)21-14(15)2/h6-7,13H,4-5,8-12H2,1-3H3. The molecule has 1 unspecified atom stereocenters. The number of piperazine rings is 1. The lowest BCUT2D eigenvalue weighted by atomic mass is 10.2. The summed E-state index contributed by atoms with van der Waals surface area (Å²) in [6.45, 7) is 5.95. The smallest absolute Gasteiger partial charge is 0.382 e. The Hall–Kier alpha value is -1.23. The fourth-order valence-electron chi connectivity index (χ4n) is 3.03. The number of nitrogens with zero attached hydrogens (tertiary/aromatic N) is 3. The van der Waals surface area contributed by atoms with Gasteiger partial charge in [0.05, 0.1) is 11.8 Å². The normalized spacial score (nSPS) is 18.6. The number of aryl methyl sites for hydroxylation is 1. The molecular formula is C17H26F3N3O3S. The molecule has 1 fully saturated rings. The van der Waals surface area contributed by atoms with Crippen molar-refractivity contribution in [3.8, 4) is 0 Å². The third kappa shape index (κ3) is 5.63. The molecular weight excluding hydrogens is 383 g/mol. The summed E-state index contributed by atoms with van der Waals surface area (Å²) in [4.78, 5) is 5.45. The third-order valence-corrected chi connectivity index (χ3v) is 6.80. The van der Waals surface area contributed by atoms with Gasteiger partial charge in [0.25, 0.3) is 0 Å². The number of ether oxygens (including phenoxy) is 1. The Morgan fingerprint density at radius 3 is 2.37 bits per heavy atom. The molecule has 27 heavy (non-hydrogen) atoms. The molecule has 2 rings (SSSR count). The van der Waals surface area contributed by atoms with Gasteiger partial charge in [0.1, 0.15) is 10.6 Å². The van der Waals surface area contributed by atoms with Crippen LogP contribution >= 0.6 is 0 Å². The number of hydrogen-bond donors (Lipinski definition) is 0. The van der Waals surface area contributed by atoms with Gasteiger partial charge < -0.3 is 9.64 Å². The number of hydrogen-bond acceptors (Lipinski definition) is 5. The van der Waals surface area contributed by atoms with E-state index >= 15 is 0 Å². The van der Waals surface area contributed by atoms with Gasteiger partial charge in [-0.1, -0.05) is 0 Å². The lowest BCUT2D eigenvalue weighted by Gasteiger charge is -2.34. The number of alkyl halides is 3. The number of aromatic nitrogens is 1. The minimum Gasteiger partial charge on any atom is -0.382 e. The van der Waals surface area contributed by atoms with Crippen molar-refractivity contribution >= 4 is 10.0 Å². The second-order valence-electron chi connectivity index (χ2n) is 6.71. The fraction of sp³-hybridized carbons (Fsp3) is 0.706. The van der Waals surface area contributed by atoms with Gasteiger partial charge in [-0.3, -0.25) is 0 Å². The highest BCUT2D eigenvalue weighted by molar-refractivity contribution is 7.89. The SMILES string of the molecule is COC(C)CCCN1CCN(S(=O)(=O)c2ccc(C(F)(F)F)nc2C)CC1. The van der Waals surface area contributed by atoms with E-state index < -0.39 is 21.9 Å². The van der Waals surface area contributed by atoms with Crippen molar-refractivity contribution in [2.75, 3.05) is 39.8 Å². The molecule has 1 saturated heterocycles. The Kier molecular flexibility index (Phi) is 7.23. The first kappa shape index (κ1) is 22.1. The maximum Gasteiger partial charge on any atom is 0.433 e. The molecule has 1 aromatic heterocycles. The monoisotopic (exact) mass is 409 g/mol. The first-order chi connectivity index (χ1) is 12.6. The van der Waals surface area contributed by atoms with Crippen molar-refractivity contribution in [1.82, 2.24) is 14.2 Å². The molecule has 0 amide bonds. The summed E-state index contributed by atoms with van der Waals surface area (Å²) in [6.07, 6.45) is -2.50. The molecule has 1 aliphatic heterocycles. The van der Waals surface area contributed by atoms with Crippen LogP contribution in [-0.4, -0.2) is 68.5 Å². The minimum atomic E-state index is -4.60. The van der Waals surface area contributed by atoms with Crippen LogP contribution in [0.3, 0.4) is 0 Å². The Morgan fingerprint density at radius 1 is 1.22 bits per heavy atom. The molecule has 1 atom stereocenters. The second-order valence-corrected chi connectivity index (χ2v) is 8.62. The number of rotatable bonds is 7. The summed E-state index contributed by atoms with van der Waals surface area (Å²) in [5.74, 6) is 0. The third-order valence-electron chi connectivity index (χ3n) is 4.76. The molecule has 0 aromatic carbocycles. The van der Waals surface area contributed by atoms with Crippen molar-refractivity contribution in [3.63, 3.8) is 0 Å². The molecule has 0 bridgehead atoms. The topological polar surface area (TPSA) is 62.7 Å². The molecule has 0 aliphatic carbocycles. The van der Waals surface area contributed by atoms with E-state index in [4.69, 9.17) is 4.74 Å². The van der Waals surface area contributed by atoms with E-state index in [1.165, 1.54) is 11.2 Å².